The highest BCUT2D eigenvalue weighted by molar-refractivity contribution is 5.30. The van der Waals surface area contributed by atoms with Crippen LogP contribution in [0, 0.1) is 23.7 Å². The number of aliphatic hydroxyl groups is 3. The van der Waals surface area contributed by atoms with Crippen molar-refractivity contribution in [2.75, 3.05) is 0 Å². The van der Waals surface area contributed by atoms with Crippen LogP contribution in [0.15, 0.2) is 24.8 Å². The van der Waals surface area contributed by atoms with Gasteiger partial charge in [0.05, 0.1) is 0 Å². The van der Waals surface area contributed by atoms with Crippen LogP contribution in [-0.4, -0.2) is 33.6 Å². The molecule has 3 N–H and O–H groups in total. The van der Waals surface area contributed by atoms with Crippen molar-refractivity contribution in [3.63, 3.8) is 0 Å². The zero-order valence-corrected chi connectivity index (χ0v) is 12.0. The van der Waals surface area contributed by atoms with Gasteiger partial charge in [0.1, 0.15) is 18.3 Å². The first-order valence-electron chi connectivity index (χ1n) is 6.96. The molecule has 0 bridgehead atoms. The fourth-order valence-electron chi connectivity index (χ4n) is 1.39. The number of allylic oxidation sites excluding steroid dienone is 1. The van der Waals surface area contributed by atoms with E-state index in [1.54, 1.807) is 6.08 Å². The number of aliphatic hydroxyl groups excluding tert-OH is 3. The zero-order chi connectivity index (χ0) is 15.2. The van der Waals surface area contributed by atoms with Crippen molar-refractivity contribution in [1.29, 1.82) is 0 Å². The van der Waals surface area contributed by atoms with Crippen LogP contribution >= 0.6 is 0 Å². The van der Waals surface area contributed by atoms with E-state index in [0.717, 1.165) is 12.8 Å². The predicted octanol–water partition coefficient (Wildman–Crippen LogP) is 1.79. The predicted molar refractivity (Wildman–Crippen MR) is 81.7 cm³/mol. The summed E-state index contributed by atoms with van der Waals surface area (Å²) in [7, 11) is 0. The van der Waals surface area contributed by atoms with Gasteiger partial charge in [0.25, 0.3) is 0 Å². The molecule has 0 aliphatic rings. The third-order valence-corrected chi connectivity index (χ3v) is 2.61. The van der Waals surface area contributed by atoms with Gasteiger partial charge in [-0.2, -0.15) is 0 Å². The van der Waals surface area contributed by atoms with Crippen molar-refractivity contribution in [2.24, 2.45) is 0 Å². The highest BCUT2D eigenvalue weighted by atomic mass is 16.3. The smallest absolute Gasteiger partial charge is 0.145 e. The molecule has 110 valence electrons. The first-order valence-corrected chi connectivity index (χ1v) is 6.96. The van der Waals surface area contributed by atoms with Crippen LogP contribution in [0.5, 0.6) is 0 Å². The van der Waals surface area contributed by atoms with Gasteiger partial charge in [0.2, 0.25) is 0 Å². The van der Waals surface area contributed by atoms with Gasteiger partial charge in [-0.05, 0) is 24.7 Å². The largest absolute Gasteiger partial charge is 0.385 e. The molecule has 0 saturated heterocycles. The van der Waals surface area contributed by atoms with Gasteiger partial charge in [-0.25, -0.2) is 0 Å². The highest BCUT2D eigenvalue weighted by Crippen LogP contribution is 2.04. The molecular weight excluding hydrogens is 252 g/mol. The van der Waals surface area contributed by atoms with E-state index < -0.39 is 18.3 Å². The Labute approximate surface area is 122 Å². The van der Waals surface area contributed by atoms with E-state index in [9.17, 15) is 10.2 Å². The molecule has 0 aromatic carbocycles. The Bertz CT molecular complexity index is 403. The summed E-state index contributed by atoms with van der Waals surface area (Å²) in [6.45, 7) is 5.52. The average molecular weight is 276 g/mol. The molecule has 0 radical (unpaired) electrons. The second-order valence-electron chi connectivity index (χ2n) is 4.43. The first-order chi connectivity index (χ1) is 9.61. The molecule has 3 atom stereocenters. The molecule has 0 amide bonds. The van der Waals surface area contributed by atoms with Gasteiger partial charge < -0.3 is 15.3 Å². The average Bonchev–Trinajstić information content (AvgIpc) is 2.46. The Morgan fingerprint density at radius 1 is 1.05 bits per heavy atom. The maximum Gasteiger partial charge on any atom is 0.145 e. The molecule has 0 aromatic heterocycles. The van der Waals surface area contributed by atoms with Crippen LogP contribution in [0.25, 0.3) is 0 Å². The van der Waals surface area contributed by atoms with E-state index >= 15 is 0 Å². The lowest BCUT2D eigenvalue weighted by atomic mass is 10.1. The Morgan fingerprint density at radius 2 is 1.75 bits per heavy atom. The molecule has 20 heavy (non-hydrogen) atoms. The van der Waals surface area contributed by atoms with Crippen molar-refractivity contribution in [3.05, 3.63) is 24.8 Å². The van der Waals surface area contributed by atoms with Gasteiger partial charge in [-0.15, -0.1) is 0 Å². The maximum absolute atomic E-state index is 9.62. The molecule has 0 rings (SSSR count). The monoisotopic (exact) mass is 276 g/mol. The lowest BCUT2D eigenvalue weighted by Gasteiger charge is -2.06. The topological polar surface area (TPSA) is 60.7 Å². The second-order valence-corrected chi connectivity index (χ2v) is 4.43. The lowest BCUT2D eigenvalue weighted by molar-refractivity contribution is 0.0868. The van der Waals surface area contributed by atoms with E-state index in [4.69, 9.17) is 5.11 Å². The van der Waals surface area contributed by atoms with Crippen molar-refractivity contribution < 1.29 is 15.3 Å². The third-order valence-electron chi connectivity index (χ3n) is 2.61. The van der Waals surface area contributed by atoms with Gasteiger partial charge in [-0.1, -0.05) is 62.8 Å². The van der Waals surface area contributed by atoms with Crippen LogP contribution in [0.3, 0.4) is 0 Å². The van der Waals surface area contributed by atoms with Crippen LogP contribution in [0.2, 0.25) is 0 Å². The molecule has 0 spiro atoms. The number of hydrogen-bond donors (Lipinski definition) is 3. The Kier molecular flexibility index (Phi) is 11.6. The van der Waals surface area contributed by atoms with E-state index in [1.807, 2.05) is 6.08 Å². The number of unbranched alkanes of at least 4 members (excludes halogenated alkanes) is 4. The fourth-order valence-corrected chi connectivity index (χ4v) is 1.39. The van der Waals surface area contributed by atoms with Crippen LogP contribution < -0.4 is 0 Å². The van der Waals surface area contributed by atoms with Crippen molar-refractivity contribution in [1.82, 2.24) is 0 Å². The Hall–Kier alpha value is -1.52. The molecule has 0 aromatic rings. The zero-order valence-electron chi connectivity index (χ0n) is 12.0. The van der Waals surface area contributed by atoms with Gasteiger partial charge in [0, 0.05) is 0 Å². The molecule has 0 heterocycles. The molecule has 0 saturated carbocycles. The maximum atomic E-state index is 9.62. The van der Waals surface area contributed by atoms with Crippen LogP contribution in [0.1, 0.15) is 39.0 Å². The van der Waals surface area contributed by atoms with Crippen molar-refractivity contribution in [2.45, 2.75) is 57.3 Å². The molecule has 0 fully saturated rings. The normalized spacial score (nSPS) is 14.6. The minimum Gasteiger partial charge on any atom is -0.385 e. The van der Waals surface area contributed by atoms with Gasteiger partial charge in [0.15, 0.2) is 0 Å². The van der Waals surface area contributed by atoms with Crippen LogP contribution in [-0.2, 0) is 0 Å². The lowest BCUT2D eigenvalue weighted by Crippen LogP contribution is -2.21. The molecule has 0 aliphatic heterocycles. The summed E-state index contributed by atoms with van der Waals surface area (Å²) in [5.41, 5.74) is 0. The van der Waals surface area contributed by atoms with Gasteiger partial charge in [-0.3, -0.25) is 0 Å². The first kappa shape index (κ1) is 18.5. The molecule has 3 nitrogen and oxygen atoms in total. The third kappa shape index (κ3) is 10.4. The van der Waals surface area contributed by atoms with Crippen molar-refractivity contribution >= 4 is 0 Å². The summed E-state index contributed by atoms with van der Waals surface area (Å²) < 4.78 is 0. The minimum absolute atomic E-state index is 0.891. The Morgan fingerprint density at radius 3 is 2.40 bits per heavy atom. The number of hydrogen-bond acceptors (Lipinski definition) is 3. The fraction of sp³-hybridized carbons (Fsp3) is 0.529. The molecule has 3 heteroatoms. The summed E-state index contributed by atoms with van der Waals surface area (Å²) in [5.74, 6) is 9.58. The summed E-state index contributed by atoms with van der Waals surface area (Å²) >= 11 is 0. The van der Waals surface area contributed by atoms with Crippen molar-refractivity contribution in [3.8, 4) is 23.7 Å². The van der Waals surface area contributed by atoms with Gasteiger partial charge >= 0.3 is 0 Å². The second kappa shape index (κ2) is 12.5. The Balaban J connectivity index is 4.04. The molecule has 2 unspecified atom stereocenters. The summed E-state index contributed by atoms with van der Waals surface area (Å²) in [5, 5.41) is 28.2. The SMILES string of the molecule is C=C[C@@H](O)C#CC#CC(O)C(O)/C=C/CCCCCC. The quantitative estimate of drug-likeness (QED) is 0.360. The summed E-state index contributed by atoms with van der Waals surface area (Å²) in [6.07, 6.45) is 7.16. The minimum atomic E-state index is -1.17. The van der Waals surface area contributed by atoms with E-state index in [0.29, 0.717) is 0 Å². The van der Waals surface area contributed by atoms with E-state index in [-0.39, 0.29) is 0 Å². The van der Waals surface area contributed by atoms with Crippen LogP contribution in [0.4, 0.5) is 0 Å². The highest BCUT2D eigenvalue weighted by Gasteiger charge is 2.08. The van der Waals surface area contributed by atoms with E-state index in [2.05, 4.69) is 37.2 Å². The summed E-state index contributed by atoms with van der Waals surface area (Å²) in [6, 6.07) is 0. The standard InChI is InChI=1S/C17H24O3/c1-3-5-6-7-8-9-13-16(19)17(20)14-11-10-12-15(18)4-2/h4,9,13,15-20H,2-3,5-8H2,1H3/b13-9+/t15-,16?,17?/m1/s1. The summed E-state index contributed by atoms with van der Waals surface area (Å²) in [4.78, 5) is 0. The molecule has 0 aliphatic carbocycles. The van der Waals surface area contributed by atoms with E-state index in [1.165, 1.54) is 25.3 Å². The molecular formula is C17H24O3. The number of rotatable bonds is 8.